The van der Waals surface area contributed by atoms with E-state index >= 15 is 0 Å². The number of amides is 1. The monoisotopic (exact) mass is 325 g/mol. The van der Waals surface area contributed by atoms with E-state index in [0.717, 1.165) is 15.8 Å². The molecule has 0 aliphatic heterocycles. The van der Waals surface area contributed by atoms with Crippen LogP contribution in [0.5, 0.6) is 5.88 Å². The Labute approximate surface area is 137 Å². The predicted octanol–water partition coefficient (Wildman–Crippen LogP) is 4.66. The number of aromatic hydroxyl groups is 1. The zero-order valence-electron chi connectivity index (χ0n) is 12.4. The number of hydrogen-bond donors (Lipinski definition) is 2. The van der Waals surface area contributed by atoms with Crippen molar-refractivity contribution in [3.05, 3.63) is 54.6 Å². The topological polar surface area (TPSA) is 77.8 Å². The molecular weight excluding hydrogens is 310 g/mol. The van der Waals surface area contributed by atoms with Gasteiger partial charge in [-0.15, -0.1) is 22.0 Å². The number of aromatic nitrogens is 1. The normalized spacial score (nSPS) is 12.7. The molecule has 0 saturated carbocycles. The first-order valence-electron chi connectivity index (χ1n) is 7.12. The molecule has 2 aromatic carbocycles. The van der Waals surface area contributed by atoms with E-state index in [1.807, 2.05) is 54.6 Å². The molecular formula is C17H15N3O2S. The third-order valence-electron chi connectivity index (χ3n) is 3.31. The zero-order chi connectivity index (χ0) is 16.2. The van der Waals surface area contributed by atoms with Gasteiger partial charge in [0, 0.05) is 10.3 Å². The Morgan fingerprint density at radius 1 is 1.13 bits per heavy atom. The average molecular weight is 325 g/mol. The van der Waals surface area contributed by atoms with Crippen LogP contribution in [0.3, 0.4) is 0 Å². The lowest BCUT2D eigenvalue weighted by atomic mass is 10.2. The van der Waals surface area contributed by atoms with Crippen LogP contribution in [0, 0.1) is 0 Å². The predicted molar refractivity (Wildman–Crippen MR) is 91.2 cm³/mol. The van der Waals surface area contributed by atoms with E-state index in [9.17, 15) is 9.90 Å². The highest BCUT2D eigenvalue weighted by Crippen LogP contribution is 2.35. The van der Waals surface area contributed by atoms with Crippen LogP contribution < -0.4 is 0 Å². The third kappa shape index (κ3) is 3.43. The van der Waals surface area contributed by atoms with E-state index < -0.39 is 0 Å². The number of nitrogens with zero attached hydrogens (tertiary/aromatic N) is 2. The van der Waals surface area contributed by atoms with Crippen LogP contribution in [0.15, 0.2) is 69.7 Å². The summed E-state index contributed by atoms with van der Waals surface area (Å²) < 4.78 is 0. The second-order valence-corrected chi connectivity index (χ2v) is 6.39. The first-order chi connectivity index (χ1) is 11.1. The molecule has 0 aliphatic carbocycles. The Balaban J connectivity index is 1.76. The van der Waals surface area contributed by atoms with Gasteiger partial charge in [-0.05, 0) is 25.1 Å². The minimum absolute atomic E-state index is 0.0916. The summed E-state index contributed by atoms with van der Waals surface area (Å²) in [5.41, 5.74) is 1.03. The number of rotatable bonds is 4. The van der Waals surface area contributed by atoms with Crippen molar-refractivity contribution in [2.24, 2.45) is 10.2 Å². The highest BCUT2D eigenvalue weighted by atomic mass is 32.2. The highest BCUT2D eigenvalue weighted by Gasteiger charge is 2.15. The van der Waals surface area contributed by atoms with Crippen LogP contribution in [0.4, 0.5) is 5.69 Å². The number of fused-ring (bicyclic) bond motifs is 1. The molecule has 3 aromatic rings. The SMILES string of the molecule is C[C@H](Sc1ccccc1)C(=O)N=Nc1c(O)[nH]c2ccccc12. The van der Waals surface area contributed by atoms with Crippen LogP contribution in [0.2, 0.25) is 0 Å². The fraction of sp³-hybridized carbons (Fsp3) is 0.118. The summed E-state index contributed by atoms with van der Waals surface area (Å²) in [4.78, 5) is 15.9. The Morgan fingerprint density at radius 2 is 1.83 bits per heavy atom. The van der Waals surface area contributed by atoms with Crippen LogP contribution in [-0.4, -0.2) is 21.2 Å². The number of hydrogen-bond acceptors (Lipinski definition) is 4. The fourth-order valence-electron chi connectivity index (χ4n) is 2.15. The molecule has 1 aromatic heterocycles. The summed E-state index contributed by atoms with van der Waals surface area (Å²) in [7, 11) is 0. The molecule has 1 amide bonds. The van der Waals surface area contributed by atoms with Crippen LogP contribution >= 0.6 is 11.8 Å². The molecule has 0 saturated heterocycles. The van der Waals surface area contributed by atoms with E-state index in [4.69, 9.17) is 0 Å². The van der Waals surface area contributed by atoms with Gasteiger partial charge in [0.05, 0.1) is 10.8 Å². The molecule has 116 valence electrons. The molecule has 1 atom stereocenters. The first kappa shape index (κ1) is 15.3. The number of H-pyrrole nitrogens is 1. The van der Waals surface area contributed by atoms with Gasteiger partial charge in [-0.2, -0.15) is 0 Å². The molecule has 0 spiro atoms. The lowest BCUT2D eigenvalue weighted by Gasteiger charge is -2.05. The Kier molecular flexibility index (Phi) is 4.43. The summed E-state index contributed by atoms with van der Waals surface area (Å²) in [6, 6.07) is 17.0. The first-order valence-corrected chi connectivity index (χ1v) is 8.00. The van der Waals surface area contributed by atoms with Gasteiger partial charge < -0.3 is 10.1 Å². The Hall–Kier alpha value is -2.60. The second kappa shape index (κ2) is 6.66. The summed E-state index contributed by atoms with van der Waals surface area (Å²) in [5, 5.41) is 18.0. The minimum atomic E-state index is -0.353. The van der Waals surface area contributed by atoms with Crippen LogP contribution in [-0.2, 0) is 4.79 Å². The highest BCUT2D eigenvalue weighted by molar-refractivity contribution is 8.00. The summed E-state index contributed by atoms with van der Waals surface area (Å²) >= 11 is 1.42. The van der Waals surface area contributed by atoms with E-state index in [-0.39, 0.29) is 22.7 Å². The van der Waals surface area contributed by atoms with Gasteiger partial charge >= 0.3 is 0 Å². The van der Waals surface area contributed by atoms with E-state index in [0.29, 0.717) is 0 Å². The Bertz CT molecular complexity index is 859. The number of nitrogens with one attached hydrogen (secondary N) is 1. The molecule has 2 N–H and O–H groups in total. The van der Waals surface area contributed by atoms with Gasteiger partial charge in [0.2, 0.25) is 5.88 Å². The molecule has 3 rings (SSSR count). The standard InChI is InChI=1S/C17H15N3O2S/c1-11(23-12-7-3-2-4-8-12)16(21)20-19-15-13-9-5-6-10-14(13)18-17(15)22/h2-11,18,22H,1H3/t11-/m0/s1. The van der Waals surface area contributed by atoms with Crippen molar-refractivity contribution in [1.82, 2.24) is 4.98 Å². The maximum atomic E-state index is 12.1. The molecule has 0 bridgehead atoms. The fourth-order valence-corrected chi connectivity index (χ4v) is 3.02. The third-order valence-corrected chi connectivity index (χ3v) is 4.41. The number of azo groups is 1. The van der Waals surface area contributed by atoms with Crippen molar-refractivity contribution < 1.29 is 9.90 Å². The van der Waals surface area contributed by atoms with Crippen molar-refractivity contribution in [1.29, 1.82) is 0 Å². The van der Waals surface area contributed by atoms with Gasteiger partial charge in [0.15, 0.2) is 5.69 Å². The van der Waals surface area contributed by atoms with Gasteiger partial charge in [0.1, 0.15) is 0 Å². The zero-order valence-corrected chi connectivity index (χ0v) is 13.2. The minimum Gasteiger partial charge on any atom is -0.493 e. The molecule has 0 unspecified atom stereocenters. The van der Waals surface area contributed by atoms with Crippen LogP contribution in [0.25, 0.3) is 10.9 Å². The largest absolute Gasteiger partial charge is 0.493 e. The lowest BCUT2D eigenvalue weighted by Crippen LogP contribution is -2.09. The maximum Gasteiger partial charge on any atom is 0.277 e. The molecule has 6 heteroatoms. The second-order valence-electron chi connectivity index (χ2n) is 4.98. The van der Waals surface area contributed by atoms with Crippen LogP contribution in [0.1, 0.15) is 6.92 Å². The number of benzene rings is 2. The number of carbonyl (C=O) groups excluding carboxylic acids is 1. The van der Waals surface area contributed by atoms with Crippen molar-refractivity contribution in [3.63, 3.8) is 0 Å². The number of aromatic amines is 1. The summed E-state index contributed by atoms with van der Waals surface area (Å²) in [6.45, 7) is 1.79. The number of carbonyl (C=O) groups is 1. The van der Waals surface area contributed by atoms with E-state index in [1.165, 1.54) is 11.8 Å². The van der Waals surface area contributed by atoms with Gasteiger partial charge in [0.25, 0.3) is 5.91 Å². The van der Waals surface area contributed by atoms with Gasteiger partial charge in [-0.1, -0.05) is 36.4 Å². The molecule has 0 fully saturated rings. The summed E-state index contributed by atoms with van der Waals surface area (Å²) in [5.74, 6) is -0.436. The molecule has 23 heavy (non-hydrogen) atoms. The number of thioether (sulfide) groups is 1. The van der Waals surface area contributed by atoms with Gasteiger partial charge in [-0.3, -0.25) is 4.79 Å². The van der Waals surface area contributed by atoms with Gasteiger partial charge in [-0.25, -0.2) is 0 Å². The molecule has 5 nitrogen and oxygen atoms in total. The van der Waals surface area contributed by atoms with Crippen molar-refractivity contribution >= 4 is 34.3 Å². The van der Waals surface area contributed by atoms with E-state index in [1.54, 1.807) is 6.92 Å². The average Bonchev–Trinajstić information content (AvgIpc) is 2.88. The number of para-hydroxylation sites is 1. The van der Waals surface area contributed by atoms with Crippen molar-refractivity contribution in [2.45, 2.75) is 17.1 Å². The van der Waals surface area contributed by atoms with E-state index in [2.05, 4.69) is 15.2 Å². The summed E-state index contributed by atoms with van der Waals surface area (Å²) in [6.07, 6.45) is 0. The lowest BCUT2D eigenvalue weighted by molar-refractivity contribution is -0.117. The van der Waals surface area contributed by atoms with Crippen molar-refractivity contribution in [2.75, 3.05) is 0 Å². The molecule has 1 heterocycles. The maximum absolute atomic E-state index is 12.1. The molecule has 0 radical (unpaired) electrons. The van der Waals surface area contributed by atoms with Crippen molar-refractivity contribution in [3.8, 4) is 5.88 Å². The Morgan fingerprint density at radius 3 is 2.61 bits per heavy atom. The quantitative estimate of drug-likeness (QED) is 0.541. The molecule has 0 aliphatic rings. The smallest absolute Gasteiger partial charge is 0.277 e.